The van der Waals surface area contributed by atoms with E-state index in [4.69, 9.17) is 9.47 Å². The molecule has 3 aromatic rings. The quantitative estimate of drug-likeness (QED) is 0.351. The number of anilines is 1. The number of carbonyl (C=O) groups is 1. The van der Waals surface area contributed by atoms with E-state index in [1.54, 1.807) is 32.4 Å². The molecule has 0 fully saturated rings. The molecule has 8 heteroatoms. The van der Waals surface area contributed by atoms with Gasteiger partial charge in [0, 0.05) is 24.8 Å². The summed E-state index contributed by atoms with van der Waals surface area (Å²) >= 11 is 0. The van der Waals surface area contributed by atoms with E-state index >= 15 is 0 Å². The van der Waals surface area contributed by atoms with E-state index < -0.39 is 10.8 Å². The molecular formula is C27H29N3O5. The van der Waals surface area contributed by atoms with Gasteiger partial charge in [-0.3, -0.25) is 19.8 Å². The van der Waals surface area contributed by atoms with Crippen LogP contribution in [0.15, 0.2) is 60.7 Å². The first-order valence-electron chi connectivity index (χ1n) is 11.6. The van der Waals surface area contributed by atoms with Crippen LogP contribution in [0.2, 0.25) is 0 Å². The van der Waals surface area contributed by atoms with Gasteiger partial charge < -0.3 is 14.8 Å². The van der Waals surface area contributed by atoms with Crippen LogP contribution >= 0.6 is 0 Å². The average molecular weight is 476 g/mol. The van der Waals surface area contributed by atoms with Crippen molar-refractivity contribution in [3.63, 3.8) is 0 Å². The Morgan fingerprint density at radius 2 is 1.77 bits per heavy atom. The zero-order chi connectivity index (χ0) is 24.8. The molecule has 0 spiro atoms. The minimum Gasteiger partial charge on any atom is -0.493 e. The number of nitrogens with zero attached hydrogens (tertiary/aromatic N) is 2. The average Bonchev–Trinajstić information content (AvgIpc) is 2.88. The number of hydrogen-bond acceptors (Lipinski definition) is 6. The molecule has 1 heterocycles. The predicted molar refractivity (Wildman–Crippen MR) is 134 cm³/mol. The number of ether oxygens (including phenoxy) is 2. The lowest BCUT2D eigenvalue weighted by atomic mass is 9.98. The van der Waals surface area contributed by atoms with Crippen molar-refractivity contribution < 1.29 is 19.2 Å². The summed E-state index contributed by atoms with van der Waals surface area (Å²) in [6, 6.07) is 17.7. The number of carbonyl (C=O) groups excluding carboxylic acids is 1. The highest BCUT2D eigenvalue weighted by atomic mass is 16.6. The van der Waals surface area contributed by atoms with E-state index in [0.29, 0.717) is 5.69 Å². The standard InChI is InChI=1S/C27H29N3O5/c1-34-25-16-20-12-14-29(18-21(20)17-26(25)35-2)13-6-8-19-7-5-9-22(15-19)28-27(31)23-10-3-4-11-24(23)30(32)33/h3-5,7,9-11,15-17H,6,8,12-14,18H2,1-2H3,(H,28,31). The fraction of sp³-hybridized carbons (Fsp3) is 0.296. The van der Waals surface area contributed by atoms with Gasteiger partial charge in [-0.05, 0) is 72.8 Å². The maximum absolute atomic E-state index is 12.6. The van der Waals surface area contributed by atoms with Crippen LogP contribution in [0, 0.1) is 10.1 Å². The molecule has 1 N–H and O–H groups in total. The summed E-state index contributed by atoms with van der Waals surface area (Å²) in [5.74, 6) is 1.04. The van der Waals surface area contributed by atoms with Crippen molar-refractivity contribution in [1.29, 1.82) is 0 Å². The van der Waals surface area contributed by atoms with Crippen LogP contribution in [0.25, 0.3) is 0 Å². The number of nitro groups is 1. The topological polar surface area (TPSA) is 93.9 Å². The number of hydrogen-bond donors (Lipinski definition) is 1. The van der Waals surface area contributed by atoms with Crippen LogP contribution in [0.1, 0.15) is 33.5 Å². The van der Waals surface area contributed by atoms with Crippen molar-refractivity contribution >= 4 is 17.3 Å². The number of methoxy groups -OCH3 is 2. The summed E-state index contributed by atoms with van der Waals surface area (Å²) in [6.45, 7) is 2.83. The first kappa shape index (κ1) is 24.2. The summed E-state index contributed by atoms with van der Waals surface area (Å²) in [5.41, 5.74) is 4.14. The minimum absolute atomic E-state index is 0.0440. The van der Waals surface area contributed by atoms with Crippen LogP contribution in [-0.4, -0.2) is 43.0 Å². The van der Waals surface area contributed by atoms with Crippen molar-refractivity contribution in [2.24, 2.45) is 0 Å². The molecule has 182 valence electrons. The molecule has 0 radical (unpaired) electrons. The van der Waals surface area contributed by atoms with Gasteiger partial charge >= 0.3 is 0 Å². The molecule has 35 heavy (non-hydrogen) atoms. The summed E-state index contributed by atoms with van der Waals surface area (Å²) in [7, 11) is 3.31. The van der Waals surface area contributed by atoms with Gasteiger partial charge in [0.25, 0.3) is 11.6 Å². The zero-order valence-electron chi connectivity index (χ0n) is 20.0. The third kappa shape index (κ3) is 5.78. The van der Waals surface area contributed by atoms with E-state index in [1.807, 2.05) is 18.2 Å². The maximum atomic E-state index is 12.6. The molecule has 1 amide bonds. The van der Waals surface area contributed by atoms with Gasteiger partial charge in [-0.2, -0.15) is 0 Å². The lowest BCUT2D eigenvalue weighted by Gasteiger charge is -2.29. The van der Waals surface area contributed by atoms with Crippen LogP contribution in [0.5, 0.6) is 11.5 Å². The van der Waals surface area contributed by atoms with Gasteiger partial charge in [-0.15, -0.1) is 0 Å². The molecule has 1 aliphatic rings. The molecule has 0 aliphatic carbocycles. The molecule has 3 aromatic carbocycles. The maximum Gasteiger partial charge on any atom is 0.282 e. The molecular weight excluding hydrogens is 446 g/mol. The Bertz CT molecular complexity index is 1230. The number of nitro benzene ring substituents is 1. The smallest absolute Gasteiger partial charge is 0.282 e. The van der Waals surface area contributed by atoms with Crippen molar-refractivity contribution in [1.82, 2.24) is 4.90 Å². The van der Waals surface area contributed by atoms with Crippen LogP contribution in [-0.2, 0) is 19.4 Å². The monoisotopic (exact) mass is 475 g/mol. The van der Waals surface area contributed by atoms with Gasteiger partial charge in [0.2, 0.25) is 0 Å². The molecule has 0 aromatic heterocycles. The van der Waals surface area contributed by atoms with E-state index in [9.17, 15) is 14.9 Å². The number of para-hydroxylation sites is 1. The van der Waals surface area contributed by atoms with Crippen LogP contribution in [0.3, 0.4) is 0 Å². The third-order valence-corrected chi connectivity index (χ3v) is 6.27. The fourth-order valence-electron chi connectivity index (χ4n) is 4.47. The number of rotatable bonds is 9. The normalized spacial score (nSPS) is 13.1. The Morgan fingerprint density at radius 3 is 2.51 bits per heavy atom. The lowest BCUT2D eigenvalue weighted by Crippen LogP contribution is -2.31. The van der Waals surface area contributed by atoms with Crippen molar-refractivity contribution in [3.8, 4) is 11.5 Å². The van der Waals surface area contributed by atoms with E-state index in [1.165, 1.54) is 23.3 Å². The highest BCUT2D eigenvalue weighted by Crippen LogP contribution is 2.33. The van der Waals surface area contributed by atoms with Crippen molar-refractivity contribution in [2.45, 2.75) is 25.8 Å². The minimum atomic E-state index is -0.545. The second-order valence-electron chi connectivity index (χ2n) is 8.53. The van der Waals surface area contributed by atoms with Gasteiger partial charge in [0.15, 0.2) is 11.5 Å². The SMILES string of the molecule is COc1cc2c(cc1OC)CN(CCCc1cccc(NC(=O)c3ccccc3[N+](=O)[O-])c1)CC2. The third-order valence-electron chi connectivity index (χ3n) is 6.27. The zero-order valence-corrected chi connectivity index (χ0v) is 20.0. The number of nitrogens with one attached hydrogen (secondary N) is 1. The van der Waals surface area contributed by atoms with Crippen LogP contribution in [0.4, 0.5) is 11.4 Å². The van der Waals surface area contributed by atoms with Gasteiger partial charge in [-0.25, -0.2) is 0 Å². The Hall–Kier alpha value is -3.91. The van der Waals surface area contributed by atoms with E-state index in [-0.39, 0.29) is 11.3 Å². The lowest BCUT2D eigenvalue weighted by molar-refractivity contribution is -0.385. The van der Waals surface area contributed by atoms with Crippen molar-refractivity contribution in [3.05, 3.63) is 93.0 Å². The first-order valence-corrected chi connectivity index (χ1v) is 11.6. The molecule has 0 saturated heterocycles. The van der Waals surface area contributed by atoms with Gasteiger partial charge in [0.1, 0.15) is 5.56 Å². The van der Waals surface area contributed by atoms with Crippen molar-refractivity contribution in [2.75, 3.05) is 32.6 Å². The molecule has 0 unspecified atom stereocenters. The fourth-order valence-corrected chi connectivity index (χ4v) is 4.47. The number of fused-ring (bicyclic) bond motifs is 1. The van der Waals surface area contributed by atoms with E-state index in [2.05, 4.69) is 22.3 Å². The first-order chi connectivity index (χ1) is 17.0. The predicted octanol–water partition coefficient (Wildman–Crippen LogP) is 4.86. The summed E-state index contributed by atoms with van der Waals surface area (Å²) in [4.78, 5) is 25.7. The molecule has 1 aliphatic heterocycles. The number of benzene rings is 3. The van der Waals surface area contributed by atoms with Gasteiger partial charge in [0.05, 0.1) is 19.1 Å². The molecule has 8 nitrogen and oxygen atoms in total. The number of amides is 1. The van der Waals surface area contributed by atoms with Gasteiger partial charge in [-0.1, -0.05) is 24.3 Å². The Morgan fingerprint density at radius 1 is 1.03 bits per heavy atom. The second kappa shape index (κ2) is 11.0. The summed E-state index contributed by atoms with van der Waals surface area (Å²) in [6.07, 6.45) is 2.82. The molecule has 0 saturated carbocycles. The van der Waals surface area contributed by atoms with E-state index in [0.717, 1.165) is 56.0 Å². The molecule has 0 atom stereocenters. The molecule has 4 rings (SSSR count). The summed E-state index contributed by atoms with van der Waals surface area (Å²) in [5, 5.41) is 14.0. The Balaban J connectivity index is 1.33. The highest BCUT2D eigenvalue weighted by molar-refractivity contribution is 6.07. The van der Waals surface area contributed by atoms with Crippen LogP contribution < -0.4 is 14.8 Å². The Kier molecular flexibility index (Phi) is 7.62. The Labute approximate surface area is 204 Å². The summed E-state index contributed by atoms with van der Waals surface area (Å²) < 4.78 is 10.9. The highest BCUT2D eigenvalue weighted by Gasteiger charge is 2.20. The number of aryl methyl sites for hydroxylation is 1. The largest absolute Gasteiger partial charge is 0.493 e. The molecule has 0 bridgehead atoms. The second-order valence-corrected chi connectivity index (χ2v) is 8.53.